The van der Waals surface area contributed by atoms with Crippen molar-refractivity contribution < 1.29 is 4.39 Å². The van der Waals surface area contributed by atoms with E-state index in [4.69, 9.17) is 11.6 Å². The molecule has 1 aromatic carbocycles. The Hall–Kier alpha value is -0.600. The maximum atomic E-state index is 14.2. The van der Waals surface area contributed by atoms with Gasteiger partial charge in [-0.2, -0.15) is 0 Å². The lowest BCUT2D eigenvalue weighted by Crippen LogP contribution is -2.52. The van der Waals surface area contributed by atoms with Gasteiger partial charge in [0, 0.05) is 22.5 Å². The van der Waals surface area contributed by atoms with Crippen LogP contribution in [0.25, 0.3) is 0 Å². The molecule has 0 aliphatic heterocycles. The number of halogens is 2. The lowest BCUT2D eigenvalue weighted by molar-refractivity contribution is 0.0439. The van der Waals surface area contributed by atoms with Crippen molar-refractivity contribution >= 4 is 11.6 Å². The number of likely N-dealkylation sites (N-methyl/N-ethyl adjacent to an activating group) is 1. The molecule has 19 heavy (non-hydrogen) atoms. The van der Waals surface area contributed by atoms with E-state index in [9.17, 15) is 4.39 Å². The van der Waals surface area contributed by atoms with Gasteiger partial charge in [0.25, 0.3) is 0 Å². The van der Waals surface area contributed by atoms with Crippen LogP contribution in [-0.2, 0) is 5.41 Å². The van der Waals surface area contributed by atoms with E-state index in [-0.39, 0.29) is 16.6 Å². The van der Waals surface area contributed by atoms with Gasteiger partial charge < -0.3 is 5.32 Å². The maximum absolute atomic E-state index is 14.2. The third-order valence-corrected chi connectivity index (χ3v) is 4.82. The van der Waals surface area contributed by atoms with Crippen molar-refractivity contribution in [3.8, 4) is 0 Å². The van der Waals surface area contributed by atoms with Crippen LogP contribution in [0.3, 0.4) is 0 Å². The quantitative estimate of drug-likeness (QED) is 0.867. The lowest BCUT2D eigenvalue weighted by Gasteiger charge is -2.53. The van der Waals surface area contributed by atoms with Crippen molar-refractivity contribution in [3.05, 3.63) is 34.6 Å². The Morgan fingerprint density at radius 3 is 2.47 bits per heavy atom. The van der Waals surface area contributed by atoms with Gasteiger partial charge in [0.2, 0.25) is 0 Å². The highest BCUT2D eigenvalue weighted by Gasteiger charge is 2.50. The van der Waals surface area contributed by atoms with Crippen LogP contribution in [0, 0.1) is 17.2 Å². The summed E-state index contributed by atoms with van der Waals surface area (Å²) in [5.74, 6) is 0.451. The van der Waals surface area contributed by atoms with Crippen LogP contribution < -0.4 is 5.32 Å². The SMILES string of the molecule is CNCC1(c2c(F)cccc2Cl)CC(C(C)(C)C)C1. The summed E-state index contributed by atoms with van der Waals surface area (Å²) in [6, 6.07) is 4.99. The van der Waals surface area contributed by atoms with Crippen molar-refractivity contribution in [1.29, 1.82) is 0 Å². The summed E-state index contributed by atoms with van der Waals surface area (Å²) in [4.78, 5) is 0. The summed E-state index contributed by atoms with van der Waals surface area (Å²) in [6.07, 6.45) is 2.00. The summed E-state index contributed by atoms with van der Waals surface area (Å²) in [6.45, 7) is 7.54. The van der Waals surface area contributed by atoms with Crippen LogP contribution in [-0.4, -0.2) is 13.6 Å². The van der Waals surface area contributed by atoms with Crippen molar-refractivity contribution in [1.82, 2.24) is 5.32 Å². The molecule has 106 valence electrons. The first kappa shape index (κ1) is 14.8. The first-order chi connectivity index (χ1) is 8.80. The number of rotatable bonds is 3. The molecule has 0 spiro atoms. The average molecular weight is 284 g/mol. The second kappa shape index (κ2) is 5.06. The highest BCUT2D eigenvalue weighted by molar-refractivity contribution is 6.31. The minimum absolute atomic E-state index is 0.144. The Bertz CT molecular complexity index is 438. The summed E-state index contributed by atoms with van der Waals surface area (Å²) in [7, 11) is 1.92. The molecule has 3 heteroatoms. The smallest absolute Gasteiger partial charge is 0.128 e. The topological polar surface area (TPSA) is 12.0 Å². The molecule has 1 N–H and O–H groups in total. The molecule has 0 aromatic heterocycles. The molecule has 2 rings (SSSR count). The molecule has 1 aromatic rings. The molecular weight excluding hydrogens is 261 g/mol. The number of nitrogens with one attached hydrogen (secondary N) is 1. The Labute approximate surface area is 120 Å². The molecule has 1 saturated carbocycles. The molecule has 1 aliphatic carbocycles. The predicted octanol–water partition coefficient (Wildman–Crippen LogP) is 4.39. The van der Waals surface area contributed by atoms with E-state index in [1.54, 1.807) is 12.1 Å². The van der Waals surface area contributed by atoms with Crippen LogP contribution in [0.4, 0.5) is 4.39 Å². The highest BCUT2D eigenvalue weighted by atomic mass is 35.5. The second-order valence-corrected chi connectivity index (χ2v) is 7.29. The average Bonchev–Trinajstić information content (AvgIpc) is 2.22. The van der Waals surface area contributed by atoms with Gasteiger partial charge in [-0.3, -0.25) is 0 Å². The van der Waals surface area contributed by atoms with Gasteiger partial charge in [0.05, 0.1) is 0 Å². The zero-order chi connectivity index (χ0) is 14.3. The molecular formula is C16H23ClFN. The Kier molecular flexibility index (Phi) is 3.95. The van der Waals surface area contributed by atoms with Crippen molar-refractivity contribution in [2.24, 2.45) is 11.3 Å². The van der Waals surface area contributed by atoms with Crippen molar-refractivity contribution in [2.45, 2.75) is 39.0 Å². The van der Waals surface area contributed by atoms with Gasteiger partial charge in [0.1, 0.15) is 5.82 Å². The third-order valence-electron chi connectivity index (χ3n) is 4.51. The lowest BCUT2D eigenvalue weighted by atomic mass is 9.52. The van der Waals surface area contributed by atoms with E-state index in [2.05, 4.69) is 26.1 Å². The normalized spacial score (nSPS) is 27.2. The first-order valence-corrected chi connectivity index (χ1v) is 7.27. The van der Waals surface area contributed by atoms with Gasteiger partial charge in [-0.15, -0.1) is 0 Å². The maximum Gasteiger partial charge on any atom is 0.128 e. The highest BCUT2D eigenvalue weighted by Crippen LogP contribution is 2.55. The van der Waals surface area contributed by atoms with Crippen molar-refractivity contribution in [2.75, 3.05) is 13.6 Å². The monoisotopic (exact) mass is 283 g/mol. The minimum Gasteiger partial charge on any atom is -0.319 e. The van der Waals surface area contributed by atoms with Crippen LogP contribution in [0.15, 0.2) is 18.2 Å². The van der Waals surface area contributed by atoms with E-state index >= 15 is 0 Å². The van der Waals surface area contributed by atoms with Gasteiger partial charge in [-0.05, 0) is 43.4 Å². The summed E-state index contributed by atoms with van der Waals surface area (Å²) in [5, 5.41) is 3.77. The van der Waals surface area contributed by atoms with E-state index in [1.807, 2.05) is 7.05 Å². The molecule has 0 heterocycles. The van der Waals surface area contributed by atoms with Gasteiger partial charge in [-0.25, -0.2) is 4.39 Å². The fraction of sp³-hybridized carbons (Fsp3) is 0.625. The van der Waals surface area contributed by atoms with Gasteiger partial charge in [-0.1, -0.05) is 38.4 Å². The second-order valence-electron chi connectivity index (χ2n) is 6.88. The molecule has 1 aliphatic rings. The van der Waals surface area contributed by atoms with Gasteiger partial charge >= 0.3 is 0 Å². The zero-order valence-corrected chi connectivity index (χ0v) is 12.9. The Morgan fingerprint density at radius 1 is 1.37 bits per heavy atom. The fourth-order valence-corrected chi connectivity index (χ4v) is 3.64. The van der Waals surface area contributed by atoms with Gasteiger partial charge in [0.15, 0.2) is 0 Å². The Morgan fingerprint density at radius 2 is 2.00 bits per heavy atom. The molecule has 1 nitrogen and oxygen atoms in total. The third kappa shape index (κ3) is 2.66. The van der Waals surface area contributed by atoms with E-state index in [0.29, 0.717) is 16.5 Å². The molecule has 0 saturated heterocycles. The molecule has 0 unspecified atom stereocenters. The molecule has 1 fully saturated rings. The summed E-state index contributed by atoms with van der Waals surface area (Å²) in [5.41, 5.74) is 0.830. The van der Waals surface area contributed by atoms with E-state index in [1.165, 1.54) is 6.07 Å². The molecule has 0 amide bonds. The van der Waals surface area contributed by atoms with Crippen LogP contribution in [0.1, 0.15) is 39.2 Å². The van der Waals surface area contributed by atoms with Crippen molar-refractivity contribution in [3.63, 3.8) is 0 Å². The number of benzene rings is 1. The summed E-state index contributed by atoms with van der Waals surface area (Å²) < 4.78 is 14.2. The molecule has 0 atom stereocenters. The largest absolute Gasteiger partial charge is 0.319 e. The number of hydrogen-bond donors (Lipinski definition) is 1. The minimum atomic E-state index is -0.171. The molecule has 0 bridgehead atoms. The van der Waals surface area contributed by atoms with Crippen LogP contribution >= 0.6 is 11.6 Å². The fourth-order valence-electron chi connectivity index (χ4n) is 3.28. The van der Waals surface area contributed by atoms with E-state index in [0.717, 1.165) is 19.4 Å². The van der Waals surface area contributed by atoms with Crippen LogP contribution in [0.2, 0.25) is 5.02 Å². The summed E-state index contributed by atoms with van der Waals surface area (Å²) >= 11 is 6.26. The van der Waals surface area contributed by atoms with E-state index < -0.39 is 0 Å². The molecule has 0 radical (unpaired) electrons. The Balaban J connectivity index is 2.33. The number of hydrogen-bond acceptors (Lipinski definition) is 1. The standard InChI is InChI=1S/C16H23ClFN/c1-15(2,3)11-8-16(9-11,10-19-4)14-12(17)6-5-7-13(14)18/h5-7,11,19H,8-10H2,1-4H3. The zero-order valence-electron chi connectivity index (χ0n) is 12.2. The predicted molar refractivity (Wildman–Crippen MR) is 79.2 cm³/mol. The van der Waals surface area contributed by atoms with Crippen LogP contribution in [0.5, 0.6) is 0 Å². The first-order valence-electron chi connectivity index (χ1n) is 6.89.